The highest BCUT2D eigenvalue weighted by Crippen LogP contribution is 2.38. The van der Waals surface area contributed by atoms with Crippen LogP contribution in [0.15, 0.2) is 30.5 Å². The number of benzene rings is 1. The quantitative estimate of drug-likeness (QED) is 0.918. The van der Waals surface area contributed by atoms with Crippen LogP contribution in [0, 0.1) is 6.92 Å². The maximum Gasteiger partial charge on any atom is 0.119 e. The molecule has 3 rings (SSSR count). The summed E-state index contributed by atoms with van der Waals surface area (Å²) in [5.74, 6) is 1.61. The lowest BCUT2D eigenvalue weighted by atomic mass is 9.76. The zero-order valence-electron chi connectivity index (χ0n) is 13.0. The van der Waals surface area contributed by atoms with Crippen molar-refractivity contribution >= 4 is 0 Å². The second kappa shape index (κ2) is 5.90. The molecule has 1 fully saturated rings. The second-order valence-corrected chi connectivity index (χ2v) is 5.94. The molecule has 4 nitrogen and oxygen atoms in total. The molecule has 0 radical (unpaired) electrons. The number of hydrogen-bond acceptors (Lipinski definition) is 3. The summed E-state index contributed by atoms with van der Waals surface area (Å²) in [5, 5.41) is 8.01. The van der Waals surface area contributed by atoms with Gasteiger partial charge in [-0.05, 0) is 43.4 Å². The molecule has 0 saturated heterocycles. The summed E-state index contributed by atoms with van der Waals surface area (Å²) in [7, 11) is 3.69. The van der Waals surface area contributed by atoms with E-state index in [4.69, 9.17) is 4.74 Å². The van der Waals surface area contributed by atoms with Crippen molar-refractivity contribution in [3.05, 3.63) is 47.3 Å². The number of aromatic nitrogens is 2. The van der Waals surface area contributed by atoms with Gasteiger partial charge in [-0.2, -0.15) is 5.10 Å². The highest BCUT2D eigenvalue weighted by atomic mass is 16.5. The minimum Gasteiger partial charge on any atom is -0.497 e. The molecule has 1 aliphatic carbocycles. The fraction of sp³-hybridized carbons (Fsp3) is 0.471. The molecule has 1 aromatic heterocycles. The lowest BCUT2D eigenvalue weighted by molar-refractivity contribution is 0.288. The zero-order chi connectivity index (χ0) is 14.8. The minimum absolute atomic E-state index is 0.612. The Kier molecular flexibility index (Phi) is 3.97. The summed E-state index contributed by atoms with van der Waals surface area (Å²) >= 11 is 0. The molecular weight excluding hydrogens is 262 g/mol. The van der Waals surface area contributed by atoms with Crippen LogP contribution >= 0.6 is 0 Å². The van der Waals surface area contributed by atoms with Crippen molar-refractivity contribution in [3.8, 4) is 5.75 Å². The van der Waals surface area contributed by atoms with Crippen molar-refractivity contribution in [2.45, 2.75) is 38.3 Å². The molecule has 0 bridgehead atoms. The van der Waals surface area contributed by atoms with Gasteiger partial charge in [0.25, 0.3) is 0 Å². The van der Waals surface area contributed by atoms with Crippen LogP contribution < -0.4 is 10.1 Å². The maximum atomic E-state index is 5.30. The predicted molar refractivity (Wildman–Crippen MR) is 83.5 cm³/mol. The predicted octanol–water partition coefficient (Wildman–Crippen LogP) is 2.77. The number of nitrogens with one attached hydrogen (secondary N) is 1. The van der Waals surface area contributed by atoms with Crippen molar-refractivity contribution in [3.63, 3.8) is 0 Å². The van der Waals surface area contributed by atoms with Gasteiger partial charge in [0.2, 0.25) is 0 Å². The normalized spacial score (nSPS) is 21.1. The second-order valence-electron chi connectivity index (χ2n) is 5.94. The first-order valence-electron chi connectivity index (χ1n) is 7.52. The Morgan fingerprint density at radius 1 is 1.38 bits per heavy atom. The molecule has 4 heteroatoms. The van der Waals surface area contributed by atoms with Gasteiger partial charge in [0, 0.05) is 31.4 Å². The minimum atomic E-state index is 0.612. The van der Waals surface area contributed by atoms with Crippen LogP contribution in [0.25, 0.3) is 0 Å². The van der Waals surface area contributed by atoms with E-state index < -0.39 is 0 Å². The number of nitrogens with zero attached hydrogens (tertiary/aromatic N) is 2. The van der Waals surface area contributed by atoms with Gasteiger partial charge in [0.05, 0.1) is 12.8 Å². The van der Waals surface area contributed by atoms with Crippen LogP contribution in [0.4, 0.5) is 0 Å². The molecule has 0 unspecified atom stereocenters. The van der Waals surface area contributed by atoms with Gasteiger partial charge in [-0.3, -0.25) is 4.68 Å². The lowest BCUT2D eigenvalue weighted by Gasteiger charge is -2.36. The number of rotatable bonds is 5. The smallest absolute Gasteiger partial charge is 0.119 e. The zero-order valence-corrected chi connectivity index (χ0v) is 13.0. The van der Waals surface area contributed by atoms with Crippen LogP contribution in [0.1, 0.15) is 35.6 Å². The van der Waals surface area contributed by atoms with E-state index in [0.29, 0.717) is 12.0 Å². The van der Waals surface area contributed by atoms with Crippen LogP contribution in [-0.2, 0) is 13.6 Å². The van der Waals surface area contributed by atoms with Crippen molar-refractivity contribution in [1.29, 1.82) is 0 Å². The molecule has 1 aromatic carbocycles. The third-order valence-corrected chi connectivity index (χ3v) is 4.40. The van der Waals surface area contributed by atoms with Crippen molar-refractivity contribution < 1.29 is 4.74 Å². The Morgan fingerprint density at radius 3 is 2.86 bits per heavy atom. The summed E-state index contributed by atoms with van der Waals surface area (Å²) in [6.07, 6.45) is 4.50. The van der Waals surface area contributed by atoms with Gasteiger partial charge < -0.3 is 10.1 Å². The number of ether oxygens (including phenoxy) is 1. The van der Waals surface area contributed by atoms with E-state index in [-0.39, 0.29) is 0 Å². The molecule has 1 saturated carbocycles. The lowest BCUT2D eigenvalue weighted by Crippen LogP contribution is -2.39. The molecule has 1 aliphatic rings. The van der Waals surface area contributed by atoms with Crippen LogP contribution in [0.2, 0.25) is 0 Å². The molecule has 2 aromatic rings. The summed E-state index contributed by atoms with van der Waals surface area (Å²) in [6, 6.07) is 9.05. The Balaban J connectivity index is 1.50. The third-order valence-electron chi connectivity index (χ3n) is 4.40. The van der Waals surface area contributed by atoms with Crippen molar-refractivity contribution in [2.24, 2.45) is 7.05 Å². The Labute approximate surface area is 126 Å². The fourth-order valence-electron chi connectivity index (χ4n) is 3.03. The maximum absolute atomic E-state index is 5.30. The third kappa shape index (κ3) is 3.10. The summed E-state index contributed by atoms with van der Waals surface area (Å²) < 4.78 is 7.18. The SMILES string of the molecule is COc1cccc(C2CC(NCc3cn(C)nc3C)C2)c1. The molecule has 0 aliphatic heterocycles. The van der Waals surface area contributed by atoms with Gasteiger partial charge in [-0.15, -0.1) is 0 Å². The molecule has 1 heterocycles. The average molecular weight is 285 g/mol. The van der Waals surface area contributed by atoms with E-state index in [1.54, 1.807) is 7.11 Å². The van der Waals surface area contributed by atoms with E-state index in [1.165, 1.54) is 24.0 Å². The van der Waals surface area contributed by atoms with Gasteiger partial charge in [0.15, 0.2) is 0 Å². The summed E-state index contributed by atoms with van der Waals surface area (Å²) in [4.78, 5) is 0. The standard InChI is InChI=1S/C17H23N3O/c1-12-15(11-20(2)19-12)10-18-16-7-14(8-16)13-5-4-6-17(9-13)21-3/h4-6,9,11,14,16,18H,7-8,10H2,1-3H3. The topological polar surface area (TPSA) is 39.1 Å². The fourth-order valence-corrected chi connectivity index (χ4v) is 3.03. The Hall–Kier alpha value is -1.81. The van der Waals surface area contributed by atoms with Gasteiger partial charge in [-0.25, -0.2) is 0 Å². The van der Waals surface area contributed by atoms with E-state index in [2.05, 4.69) is 41.7 Å². The highest BCUT2D eigenvalue weighted by molar-refractivity contribution is 5.32. The monoisotopic (exact) mass is 285 g/mol. The van der Waals surface area contributed by atoms with E-state index in [0.717, 1.165) is 18.0 Å². The van der Waals surface area contributed by atoms with E-state index >= 15 is 0 Å². The summed E-state index contributed by atoms with van der Waals surface area (Å²) in [5.41, 5.74) is 3.81. The average Bonchev–Trinajstić information content (AvgIpc) is 2.75. The molecule has 1 N–H and O–H groups in total. The first-order valence-corrected chi connectivity index (χ1v) is 7.52. The largest absolute Gasteiger partial charge is 0.497 e. The van der Waals surface area contributed by atoms with E-state index in [9.17, 15) is 0 Å². The van der Waals surface area contributed by atoms with Crippen LogP contribution in [-0.4, -0.2) is 22.9 Å². The number of methoxy groups -OCH3 is 1. The summed E-state index contributed by atoms with van der Waals surface area (Å²) in [6.45, 7) is 2.98. The van der Waals surface area contributed by atoms with Crippen molar-refractivity contribution in [2.75, 3.05) is 7.11 Å². The van der Waals surface area contributed by atoms with Gasteiger partial charge in [-0.1, -0.05) is 12.1 Å². The molecular formula is C17H23N3O. The van der Waals surface area contributed by atoms with Crippen LogP contribution in [0.5, 0.6) is 5.75 Å². The molecule has 21 heavy (non-hydrogen) atoms. The highest BCUT2D eigenvalue weighted by Gasteiger charge is 2.30. The molecule has 0 amide bonds. The molecule has 112 valence electrons. The Morgan fingerprint density at radius 2 is 2.19 bits per heavy atom. The van der Waals surface area contributed by atoms with Gasteiger partial charge in [0.1, 0.15) is 5.75 Å². The first kappa shape index (κ1) is 14.1. The number of hydrogen-bond donors (Lipinski definition) is 1. The molecule has 0 spiro atoms. The number of aryl methyl sites for hydroxylation is 2. The molecule has 0 atom stereocenters. The Bertz CT molecular complexity index is 614. The van der Waals surface area contributed by atoms with Crippen molar-refractivity contribution in [1.82, 2.24) is 15.1 Å². The van der Waals surface area contributed by atoms with Crippen LogP contribution in [0.3, 0.4) is 0 Å². The van der Waals surface area contributed by atoms with Gasteiger partial charge >= 0.3 is 0 Å². The van der Waals surface area contributed by atoms with E-state index in [1.807, 2.05) is 17.8 Å². The first-order chi connectivity index (χ1) is 10.2.